The number of carbonyl (C=O) groups excluding carboxylic acids is 1. The minimum atomic E-state index is 0.391. The van der Waals surface area contributed by atoms with Gasteiger partial charge in [-0.25, -0.2) is 4.98 Å². The highest BCUT2D eigenvalue weighted by atomic mass is 16.5. The van der Waals surface area contributed by atoms with Gasteiger partial charge in [-0.15, -0.1) is 0 Å². The van der Waals surface area contributed by atoms with Gasteiger partial charge in [-0.1, -0.05) is 24.3 Å². The molecular formula is C16H14N2O2. The minimum absolute atomic E-state index is 0.391. The van der Waals surface area contributed by atoms with Crippen molar-refractivity contribution in [3.63, 3.8) is 0 Å². The second-order valence-corrected chi connectivity index (χ2v) is 4.50. The van der Waals surface area contributed by atoms with Crippen LogP contribution >= 0.6 is 0 Å². The molecule has 1 N–H and O–H groups in total. The summed E-state index contributed by atoms with van der Waals surface area (Å²) in [5, 5.41) is 0. The molecule has 0 bridgehead atoms. The lowest BCUT2D eigenvalue weighted by Gasteiger charge is -2.04. The lowest BCUT2D eigenvalue weighted by molar-refractivity contribution is -0.107. The smallest absolute Gasteiger partial charge is 0.146 e. The first-order valence-electron chi connectivity index (χ1n) is 6.44. The number of aromatic nitrogens is 2. The maximum atomic E-state index is 10.4. The van der Waals surface area contributed by atoms with Crippen molar-refractivity contribution < 1.29 is 9.53 Å². The Morgan fingerprint density at radius 3 is 2.65 bits per heavy atom. The average Bonchev–Trinajstić information content (AvgIpc) is 2.90. The molecule has 20 heavy (non-hydrogen) atoms. The Bertz CT molecular complexity index is 684. The molecule has 0 atom stereocenters. The normalized spacial score (nSPS) is 10.6. The molecule has 4 heteroatoms. The maximum absolute atomic E-state index is 10.4. The van der Waals surface area contributed by atoms with Crippen molar-refractivity contribution in [2.45, 2.75) is 13.0 Å². The minimum Gasteiger partial charge on any atom is -0.486 e. The van der Waals surface area contributed by atoms with Gasteiger partial charge < -0.3 is 14.5 Å². The summed E-state index contributed by atoms with van der Waals surface area (Å²) >= 11 is 0. The van der Waals surface area contributed by atoms with Gasteiger partial charge in [0.05, 0.1) is 11.0 Å². The largest absolute Gasteiger partial charge is 0.486 e. The van der Waals surface area contributed by atoms with Crippen molar-refractivity contribution >= 4 is 17.3 Å². The van der Waals surface area contributed by atoms with Crippen molar-refractivity contribution in [3.05, 3.63) is 59.9 Å². The molecule has 0 amide bonds. The maximum Gasteiger partial charge on any atom is 0.146 e. The van der Waals surface area contributed by atoms with E-state index in [1.165, 1.54) is 0 Å². The highest BCUT2D eigenvalue weighted by Crippen LogP contribution is 2.15. The fraction of sp³-hybridized carbons (Fsp3) is 0.125. The number of rotatable bonds is 5. The average molecular weight is 266 g/mol. The third-order valence-corrected chi connectivity index (χ3v) is 3.06. The lowest BCUT2D eigenvalue weighted by Crippen LogP contribution is -1.97. The topological polar surface area (TPSA) is 55.0 Å². The molecule has 0 unspecified atom stereocenters. The van der Waals surface area contributed by atoms with Crippen LogP contribution in [0.5, 0.6) is 5.75 Å². The van der Waals surface area contributed by atoms with Crippen molar-refractivity contribution in [1.82, 2.24) is 9.97 Å². The van der Waals surface area contributed by atoms with E-state index in [-0.39, 0.29) is 0 Å². The molecule has 0 fully saturated rings. The highest BCUT2D eigenvalue weighted by Gasteiger charge is 2.02. The van der Waals surface area contributed by atoms with Gasteiger partial charge in [0.15, 0.2) is 0 Å². The van der Waals surface area contributed by atoms with E-state index in [0.29, 0.717) is 13.0 Å². The number of para-hydroxylation sites is 2. The van der Waals surface area contributed by atoms with Crippen LogP contribution in [0.25, 0.3) is 11.0 Å². The molecule has 1 aromatic heterocycles. The Morgan fingerprint density at radius 2 is 1.90 bits per heavy atom. The number of benzene rings is 2. The predicted octanol–water partition coefficient (Wildman–Crippen LogP) is 2.88. The van der Waals surface area contributed by atoms with Crippen LogP contribution in [0.3, 0.4) is 0 Å². The molecular weight excluding hydrogens is 252 g/mol. The fourth-order valence-corrected chi connectivity index (χ4v) is 2.04. The Hall–Kier alpha value is -2.62. The fourth-order valence-electron chi connectivity index (χ4n) is 2.04. The third-order valence-electron chi connectivity index (χ3n) is 3.06. The molecule has 4 nitrogen and oxygen atoms in total. The number of fused-ring (bicyclic) bond motifs is 1. The van der Waals surface area contributed by atoms with E-state index in [2.05, 4.69) is 9.97 Å². The van der Waals surface area contributed by atoms with Crippen LogP contribution in [0.15, 0.2) is 48.5 Å². The summed E-state index contributed by atoms with van der Waals surface area (Å²) in [4.78, 5) is 18.1. The molecule has 0 saturated carbocycles. The lowest BCUT2D eigenvalue weighted by atomic mass is 10.2. The number of hydrogen-bond acceptors (Lipinski definition) is 3. The van der Waals surface area contributed by atoms with Gasteiger partial charge in [0.25, 0.3) is 0 Å². The Morgan fingerprint density at radius 1 is 1.10 bits per heavy atom. The zero-order chi connectivity index (χ0) is 13.8. The summed E-state index contributed by atoms with van der Waals surface area (Å²) in [6, 6.07) is 15.4. The summed E-state index contributed by atoms with van der Waals surface area (Å²) in [7, 11) is 0. The Labute approximate surface area is 116 Å². The molecule has 0 spiro atoms. The number of aldehydes is 1. The monoisotopic (exact) mass is 266 g/mol. The van der Waals surface area contributed by atoms with E-state index in [9.17, 15) is 4.79 Å². The molecule has 3 aromatic rings. The first-order chi connectivity index (χ1) is 9.85. The van der Waals surface area contributed by atoms with Crippen molar-refractivity contribution in [2.75, 3.05) is 0 Å². The molecule has 2 aromatic carbocycles. The van der Waals surface area contributed by atoms with Crippen LogP contribution in [0.4, 0.5) is 0 Å². The Balaban J connectivity index is 1.67. The van der Waals surface area contributed by atoms with Gasteiger partial charge in [-0.05, 0) is 29.8 Å². The third kappa shape index (κ3) is 2.69. The zero-order valence-corrected chi connectivity index (χ0v) is 10.9. The molecule has 1 heterocycles. The van der Waals surface area contributed by atoms with E-state index in [1.807, 2.05) is 48.5 Å². The molecule has 0 saturated heterocycles. The molecule has 0 aliphatic rings. The first-order valence-corrected chi connectivity index (χ1v) is 6.44. The number of H-pyrrole nitrogens is 1. The molecule has 3 rings (SSSR count). The van der Waals surface area contributed by atoms with Gasteiger partial charge >= 0.3 is 0 Å². The van der Waals surface area contributed by atoms with E-state index in [4.69, 9.17) is 4.74 Å². The molecule has 0 aliphatic heterocycles. The van der Waals surface area contributed by atoms with Crippen LogP contribution < -0.4 is 4.74 Å². The van der Waals surface area contributed by atoms with E-state index < -0.39 is 0 Å². The van der Waals surface area contributed by atoms with E-state index in [1.54, 1.807) is 0 Å². The van der Waals surface area contributed by atoms with Crippen LogP contribution in [0.1, 0.15) is 11.4 Å². The van der Waals surface area contributed by atoms with Crippen molar-refractivity contribution in [1.29, 1.82) is 0 Å². The standard InChI is InChI=1S/C16H14N2O2/c19-10-9-12-5-7-13(8-6-12)20-11-16-17-14-3-1-2-4-15(14)18-16/h1-8,10H,9,11H2,(H,17,18). The summed E-state index contributed by atoms with van der Waals surface area (Å²) in [5.74, 6) is 1.56. The van der Waals surface area contributed by atoms with Gasteiger partial charge in [0.2, 0.25) is 0 Å². The van der Waals surface area contributed by atoms with Crippen LogP contribution in [0.2, 0.25) is 0 Å². The summed E-state index contributed by atoms with van der Waals surface area (Å²) in [5.41, 5.74) is 2.93. The van der Waals surface area contributed by atoms with Crippen LogP contribution in [-0.2, 0) is 17.8 Å². The van der Waals surface area contributed by atoms with Crippen LogP contribution in [0, 0.1) is 0 Å². The summed E-state index contributed by atoms with van der Waals surface area (Å²) in [6.07, 6.45) is 1.33. The number of aromatic amines is 1. The predicted molar refractivity (Wildman–Crippen MR) is 76.6 cm³/mol. The highest BCUT2D eigenvalue weighted by molar-refractivity contribution is 5.74. The second-order valence-electron chi connectivity index (χ2n) is 4.50. The zero-order valence-electron chi connectivity index (χ0n) is 10.9. The van der Waals surface area contributed by atoms with Crippen molar-refractivity contribution in [3.8, 4) is 5.75 Å². The number of ether oxygens (including phenoxy) is 1. The first kappa shape index (κ1) is 12.4. The number of nitrogens with zero attached hydrogens (tertiary/aromatic N) is 1. The second kappa shape index (κ2) is 5.57. The van der Waals surface area contributed by atoms with E-state index in [0.717, 1.165) is 34.5 Å². The number of imidazole rings is 1. The number of carbonyl (C=O) groups is 1. The SMILES string of the molecule is O=CCc1ccc(OCc2nc3ccccc3[nH]2)cc1. The van der Waals surface area contributed by atoms with Crippen LogP contribution in [-0.4, -0.2) is 16.3 Å². The van der Waals surface area contributed by atoms with Gasteiger partial charge in [-0.3, -0.25) is 0 Å². The Kier molecular flexibility index (Phi) is 3.46. The van der Waals surface area contributed by atoms with Crippen molar-refractivity contribution in [2.24, 2.45) is 0 Å². The molecule has 0 radical (unpaired) electrons. The summed E-state index contributed by atoms with van der Waals surface area (Å²) < 4.78 is 5.67. The summed E-state index contributed by atoms with van der Waals surface area (Å²) in [6.45, 7) is 0.391. The quantitative estimate of drug-likeness (QED) is 0.722. The van der Waals surface area contributed by atoms with Gasteiger partial charge in [0, 0.05) is 6.42 Å². The van der Waals surface area contributed by atoms with Gasteiger partial charge in [-0.2, -0.15) is 0 Å². The molecule has 100 valence electrons. The molecule has 0 aliphatic carbocycles. The number of hydrogen-bond donors (Lipinski definition) is 1. The van der Waals surface area contributed by atoms with E-state index >= 15 is 0 Å². The number of nitrogens with one attached hydrogen (secondary N) is 1. The van der Waals surface area contributed by atoms with Gasteiger partial charge in [0.1, 0.15) is 24.5 Å².